The van der Waals surface area contributed by atoms with Crippen LogP contribution < -0.4 is 5.32 Å². The molecular formula is C15H19F3N4O2S2. The lowest BCUT2D eigenvalue weighted by atomic mass is 10.2. The number of anilines is 1. The van der Waals surface area contributed by atoms with Gasteiger partial charge in [-0.2, -0.15) is 13.2 Å². The second-order valence-corrected chi connectivity index (χ2v) is 7.68. The number of aryl methyl sites for hydroxylation is 1. The fourth-order valence-electron chi connectivity index (χ4n) is 2.33. The summed E-state index contributed by atoms with van der Waals surface area (Å²) in [6.45, 7) is 3.86. The van der Waals surface area contributed by atoms with Crippen LogP contribution in [0.25, 0.3) is 0 Å². The molecule has 0 amide bonds. The van der Waals surface area contributed by atoms with Crippen LogP contribution in [0.4, 0.5) is 18.3 Å². The smallest absolute Gasteiger partial charge is 0.383 e. The summed E-state index contributed by atoms with van der Waals surface area (Å²) < 4.78 is 44.1. The first-order valence-electron chi connectivity index (χ1n) is 7.67. The van der Waals surface area contributed by atoms with Crippen molar-refractivity contribution in [2.75, 3.05) is 31.3 Å². The Hall–Kier alpha value is -1.59. The van der Waals surface area contributed by atoms with Crippen molar-refractivity contribution in [3.8, 4) is 0 Å². The molecule has 0 fully saturated rings. The van der Waals surface area contributed by atoms with Crippen LogP contribution in [-0.4, -0.2) is 52.7 Å². The van der Waals surface area contributed by atoms with Crippen LogP contribution in [0.2, 0.25) is 0 Å². The molecule has 2 heterocycles. The van der Waals surface area contributed by atoms with E-state index in [1.165, 1.54) is 0 Å². The molecule has 0 saturated heterocycles. The average Bonchev–Trinajstić information content (AvgIpc) is 3.13. The molecule has 0 bridgehead atoms. The summed E-state index contributed by atoms with van der Waals surface area (Å²) in [6, 6.07) is 1.84. The van der Waals surface area contributed by atoms with Gasteiger partial charge in [-0.1, -0.05) is 23.1 Å². The first-order chi connectivity index (χ1) is 12.2. The third-order valence-electron chi connectivity index (χ3n) is 3.57. The molecule has 26 heavy (non-hydrogen) atoms. The molecule has 0 aliphatic heterocycles. The summed E-state index contributed by atoms with van der Waals surface area (Å²) >= 11 is 2.15. The molecule has 6 nitrogen and oxygen atoms in total. The van der Waals surface area contributed by atoms with E-state index in [9.17, 15) is 18.0 Å². The largest absolute Gasteiger partial charge is 0.405 e. The van der Waals surface area contributed by atoms with Gasteiger partial charge in [0.05, 0.1) is 12.4 Å². The van der Waals surface area contributed by atoms with Crippen LogP contribution in [0.15, 0.2) is 10.4 Å². The standard InChI is InChI=1S/C15H19F3N4O2S2/c1-9-6-11(10(2)22(9)4-5-24-3)12(23)7-25-14-21-20-13(26-14)19-8-15(16,17)18/h6H,4-5,7-8H2,1-3H3,(H,19,20). The average molecular weight is 408 g/mol. The molecule has 0 unspecified atom stereocenters. The number of carbonyl (C=O) groups excluding carboxylic acids is 1. The molecule has 2 aromatic rings. The second-order valence-electron chi connectivity index (χ2n) is 5.48. The lowest BCUT2D eigenvalue weighted by Gasteiger charge is -2.08. The van der Waals surface area contributed by atoms with Crippen molar-refractivity contribution in [2.45, 2.75) is 30.9 Å². The number of thioether (sulfide) groups is 1. The Morgan fingerprint density at radius 1 is 1.38 bits per heavy atom. The maximum absolute atomic E-state index is 12.5. The van der Waals surface area contributed by atoms with Crippen molar-refractivity contribution in [3.63, 3.8) is 0 Å². The van der Waals surface area contributed by atoms with Crippen LogP contribution in [0.1, 0.15) is 21.7 Å². The number of nitrogens with zero attached hydrogens (tertiary/aromatic N) is 3. The van der Waals surface area contributed by atoms with Gasteiger partial charge >= 0.3 is 6.18 Å². The van der Waals surface area contributed by atoms with Crippen molar-refractivity contribution >= 4 is 34.0 Å². The number of Topliss-reactive ketones (excluding diaryl/α,β-unsaturated/α-hetero) is 1. The van der Waals surface area contributed by atoms with E-state index in [-0.39, 0.29) is 16.7 Å². The molecule has 0 spiro atoms. The fourth-order valence-corrected chi connectivity index (χ4v) is 3.96. The Morgan fingerprint density at radius 3 is 2.77 bits per heavy atom. The first-order valence-corrected chi connectivity index (χ1v) is 9.47. The monoisotopic (exact) mass is 408 g/mol. The predicted molar refractivity (Wildman–Crippen MR) is 95.3 cm³/mol. The van der Waals surface area contributed by atoms with E-state index in [0.717, 1.165) is 34.5 Å². The van der Waals surface area contributed by atoms with Crippen LogP contribution in [-0.2, 0) is 11.3 Å². The van der Waals surface area contributed by atoms with Crippen LogP contribution in [0.3, 0.4) is 0 Å². The number of aromatic nitrogens is 3. The van der Waals surface area contributed by atoms with E-state index < -0.39 is 12.7 Å². The highest BCUT2D eigenvalue weighted by molar-refractivity contribution is 8.01. The Kier molecular flexibility index (Phi) is 7.07. The molecule has 0 radical (unpaired) electrons. The minimum absolute atomic E-state index is 0.0632. The number of hydrogen-bond donors (Lipinski definition) is 1. The highest BCUT2D eigenvalue weighted by Crippen LogP contribution is 2.28. The number of nitrogens with one attached hydrogen (secondary N) is 1. The number of halogens is 3. The third kappa shape index (κ3) is 5.71. The van der Waals surface area contributed by atoms with E-state index in [2.05, 4.69) is 15.5 Å². The maximum Gasteiger partial charge on any atom is 0.405 e. The number of ether oxygens (including phenoxy) is 1. The Morgan fingerprint density at radius 2 is 2.12 bits per heavy atom. The zero-order chi connectivity index (χ0) is 19.3. The molecule has 0 saturated carbocycles. The molecule has 0 atom stereocenters. The number of methoxy groups -OCH3 is 1. The Labute approximate surface area is 157 Å². The van der Waals surface area contributed by atoms with E-state index in [1.807, 2.05) is 24.5 Å². The molecule has 0 aliphatic carbocycles. The van der Waals surface area contributed by atoms with Gasteiger partial charge in [0.1, 0.15) is 6.54 Å². The molecule has 1 N–H and O–H groups in total. The zero-order valence-electron chi connectivity index (χ0n) is 14.5. The van der Waals surface area contributed by atoms with Gasteiger partial charge in [0, 0.05) is 30.6 Å². The predicted octanol–water partition coefficient (Wildman–Crippen LogP) is 3.55. The van der Waals surface area contributed by atoms with Gasteiger partial charge in [-0.25, -0.2) is 0 Å². The summed E-state index contributed by atoms with van der Waals surface area (Å²) in [5.41, 5.74) is 2.48. The normalized spacial score (nSPS) is 11.8. The summed E-state index contributed by atoms with van der Waals surface area (Å²) in [5.74, 6) is 0.0782. The number of ketones is 1. The van der Waals surface area contributed by atoms with Crippen molar-refractivity contribution in [3.05, 3.63) is 23.0 Å². The van der Waals surface area contributed by atoms with Gasteiger partial charge < -0.3 is 14.6 Å². The van der Waals surface area contributed by atoms with Crippen LogP contribution in [0, 0.1) is 13.8 Å². The van der Waals surface area contributed by atoms with Crippen molar-refractivity contribution < 1.29 is 22.7 Å². The molecular weight excluding hydrogens is 389 g/mol. The van der Waals surface area contributed by atoms with Crippen molar-refractivity contribution in [1.82, 2.24) is 14.8 Å². The highest BCUT2D eigenvalue weighted by Gasteiger charge is 2.27. The highest BCUT2D eigenvalue weighted by atomic mass is 32.2. The summed E-state index contributed by atoms with van der Waals surface area (Å²) in [7, 11) is 1.62. The van der Waals surface area contributed by atoms with Gasteiger partial charge in [0.15, 0.2) is 10.1 Å². The van der Waals surface area contributed by atoms with Gasteiger partial charge in [-0.05, 0) is 19.9 Å². The Balaban J connectivity index is 1.94. The fraction of sp³-hybridized carbons (Fsp3) is 0.533. The van der Waals surface area contributed by atoms with Crippen molar-refractivity contribution in [2.24, 2.45) is 0 Å². The van der Waals surface area contributed by atoms with E-state index in [1.54, 1.807) is 7.11 Å². The molecule has 0 aliphatic rings. The second kappa shape index (κ2) is 8.87. The van der Waals surface area contributed by atoms with Crippen LogP contribution >= 0.6 is 23.1 Å². The van der Waals surface area contributed by atoms with Crippen molar-refractivity contribution in [1.29, 1.82) is 0 Å². The Bertz CT molecular complexity index is 759. The molecule has 144 valence electrons. The maximum atomic E-state index is 12.5. The summed E-state index contributed by atoms with van der Waals surface area (Å²) in [6.07, 6.45) is -4.32. The van der Waals surface area contributed by atoms with Gasteiger partial charge in [-0.3, -0.25) is 4.79 Å². The van der Waals surface area contributed by atoms with E-state index in [0.29, 0.717) is 23.1 Å². The summed E-state index contributed by atoms with van der Waals surface area (Å²) in [5, 5.41) is 9.69. The van der Waals surface area contributed by atoms with Gasteiger partial charge in [0.2, 0.25) is 5.13 Å². The van der Waals surface area contributed by atoms with Crippen LogP contribution in [0.5, 0.6) is 0 Å². The number of hydrogen-bond acceptors (Lipinski definition) is 7. The van der Waals surface area contributed by atoms with E-state index in [4.69, 9.17) is 4.74 Å². The first kappa shape index (κ1) is 20.7. The lowest BCUT2D eigenvalue weighted by molar-refractivity contribution is -0.115. The molecule has 2 aromatic heterocycles. The van der Waals surface area contributed by atoms with E-state index >= 15 is 0 Å². The minimum atomic E-state index is -4.32. The van der Waals surface area contributed by atoms with Gasteiger partial charge in [-0.15, -0.1) is 10.2 Å². The van der Waals surface area contributed by atoms with Gasteiger partial charge in [0.25, 0.3) is 0 Å². The summed E-state index contributed by atoms with van der Waals surface area (Å²) in [4.78, 5) is 12.5. The SMILES string of the molecule is COCCn1c(C)cc(C(=O)CSc2nnc(NCC(F)(F)F)s2)c1C. The zero-order valence-corrected chi connectivity index (χ0v) is 16.1. The molecule has 2 rings (SSSR count). The number of rotatable bonds is 9. The molecule has 11 heteroatoms. The molecule has 0 aromatic carbocycles. The number of alkyl halides is 3. The number of carbonyl (C=O) groups is 1. The third-order valence-corrected chi connectivity index (χ3v) is 5.58. The topological polar surface area (TPSA) is 69.0 Å². The lowest BCUT2D eigenvalue weighted by Crippen LogP contribution is -2.21. The quantitative estimate of drug-likeness (QED) is 0.506. The minimum Gasteiger partial charge on any atom is -0.383 e.